The minimum absolute atomic E-state index is 0.0583. The van der Waals surface area contributed by atoms with E-state index in [0.29, 0.717) is 18.7 Å². The van der Waals surface area contributed by atoms with E-state index >= 15 is 0 Å². The second-order valence-electron chi connectivity index (χ2n) is 7.80. The fourth-order valence-electron chi connectivity index (χ4n) is 4.10. The van der Waals surface area contributed by atoms with Gasteiger partial charge in [-0.25, -0.2) is 9.18 Å². The van der Waals surface area contributed by atoms with Gasteiger partial charge < -0.3 is 15.1 Å². The minimum atomic E-state index is -0.299. The highest BCUT2D eigenvalue weighted by molar-refractivity contribution is 5.95. The molecule has 2 aliphatic rings. The van der Waals surface area contributed by atoms with E-state index in [1.165, 1.54) is 12.1 Å². The van der Waals surface area contributed by atoms with Crippen LogP contribution in [0.2, 0.25) is 0 Å². The van der Waals surface area contributed by atoms with Gasteiger partial charge in [-0.1, -0.05) is 24.3 Å². The fourth-order valence-corrected chi connectivity index (χ4v) is 4.10. The van der Waals surface area contributed by atoms with Crippen molar-refractivity contribution in [2.45, 2.75) is 31.7 Å². The fraction of sp³-hybridized carbons (Fsp3) is 0.391. The lowest BCUT2D eigenvalue weighted by Crippen LogP contribution is -2.50. The first-order valence-electron chi connectivity index (χ1n) is 10.3. The number of halogens is 1. The zero-order valence-corrected chi connectivity index (χ0v) is 16.4. The highest BCUT2D eigenvalue weighted by Crippen LogP contribution is 2.22. The van der Waals surface area contributed by atoms with Crippen LogP contribution >= 0.6 is 0 Å². The number of nitrogens with zero attached hydrogens (tertiary/aromatic N) is 2. The summed E-state index contributed by atoms with van der Waals surface area (Å²) in [7, 11) is 0. The Morgan fingerprint density at radius 1 is 0.862 bits per heavy atom. The Kier molecular flexibility index (Phi) is 5.79. The molecule has 0 aromatic heterocycles. The van der Waals surface area contributed by atoms with Crippen LogP contribution in [0.5, 0.6) is 0 Å². The SMILES string of the molecule is O=C(NC1CCN(C(=O)N2CCCC2)CC1)c1cccc(-c2cccc(F)c2)c1. The van der Waals surface area contributed by atoms with Crippen molar-refractivity contribution in [3.05, 3.63) is 59.9 Å². The number of hydrogen-bond acceptors (Lipinski definition) is 2. The van der Waals surface area contributed by atoms with Crippen LogP contribution in [-0.2, 0) is 0 Å². The van der Waals surface area contributed by atoms with E-state index in [1.54, 1.807) is 18.2 Å². The Bertz CT molecular complexity index is 887. The average molecular weight is 395 g/mol. The monoisotopic (exact) mass is 395 g/mol. The topological polar surface area (TPSA) is 52.7 Å². The van der Waals surface area contributed by atoms with Crippen LogP contribution in [0, 0.1) is 5.82 Å². The zero-order valence-electron chi connectivity index (χ0n) is 16.4. The molecule has 5 nitrogen and oxygen atoms in total. The molecule has 0 bridgehead atoms. The van der Waals surface area contributed by atoms with Gasteiger partial charge in [-0.2, -0.15) is 0 Å². The molecule has 1 N–H and O–H groups in total. The van der Waals surface area contributed by atoms with E-state index in [9.17, 15) is 14.0 Å². The van der Waals surface area contributed by atoms with Crippen molar-refractivity contribution in [1.82, 2.24) is 15.1 Å². The molecule has 2 fully saturated rings. The minimum Gasteiger partial charge on any atom is -0.349 e. The first-order valence-corrected chi connectivity index (χ1v) is 10.3. The van der Waals surface area contributed by atoms with Crippen LogP contribution in [0.15, 0.2) is 48.5 Å². The van der Waals surface area contributed by atoms with Crippen molar-refractivity contribution in [3.63, 3.8) is 0 Å². The second kappa shape index (κ2) is 8.64. The maximum atomic E-state index is 13.5. The highest BCUT2D eigenvalue weighted by Gasteiger charge is 2.28. The normalized spacial score (nSPS) is 17.4. The van der Waals surface area contributed by atoms with Crippen molar-refractivity contribution in [3.8, 4) is 11.1 Å². The molecule has 3 amide bonds. The van der Waals surface area contributed by atoms with Gasteiger partial charge in [-0.3, -0.25) is 4.79 Å². The largest absolute Gasteiger partial charge is 0.349 e. The van der Waals surface area contributed by atoms with Gasteiger partial charge >= 0.3 is 6.03 Å². The van der Waals surface area contributed by atoms with E-state index in [1.807, 2.05) is 28.0 Å². The third kappa shape index (κ3) is 4.58. The van der Waals surface area contributed by atoms with Gasteiger partial charge in [0, 0.05) is 37.8 Å². The third-order valence-electron chi connectivity index (χ3n) is 5.76. The summed E-state index contributed by atoms with van der Waals surface area (Å²) >= 11 is 0. The van der Waals surface area contributed by atoms with E-state index < -0.39 is 0 Å². The molecule has 2 aromatic carbocycles. The molecule has 4 rings (SSSR count). The van der Waals surface area contributed by atoms with E-state index in [2.05, 4.69) is 5.32 Å². The Labute approximate surface area is 170 Å². The smallest absolute Gasteiger partial charge is 0.319 e. The molecule has 152 valence electrons. The lowest BCUT2D eigenvalue weighted by Gasteiger charge is -2.34. The first kappa shape index (κ1) is 19.4. The summed E-state index contributed by atoms with van der Waals surface area (Å²) < 4.78 is 13.5. The summed E-state index contributed by atoms with van der Waals surface area (Å²) in [6.07, 6.45) is 3.70. The van der Waals surface area contributed by atoms with E-state index in [0.717, 1.165) is 49.9 Å². The lowest BCUT2D eigenvalue weighted by molar-refractivity contribution is 0.0912. The van der Waals surface area contributed by atoms with Gasteiger partial charge in [-0.15, -0.1) is 0 Å². The molecule has 2 aromatic rings. The van der Waals surface area contributed by atoms with Crippen molar-refractivity contribution in [1.29, 1.82) is 0 Å². The predicted octanol–water partition coefficient (Wildman–Crippen LogP) is 3.90. The number of amides is 3. The van der Waals surface area contributed by atoms with E-state index in [4.69, 9.17) is 0 Å². The van der Waals surface area contributed by atoms with Crippen molar-refractivity contribution >= 4 is 11.9 Å². The van der Waals surface area contributed by atoms with Gasteiger partial charge in [0.05, 0.1) is 0 Å². The van der Waals surface area contributed by atoms with Crippen molar-refractivity contribution in [2.75, 3.05) is 26.2 Å². The Morgan fingerprint density at radius 3 is 2.17 bits per heavy atom. The molecule has 0 atom stereocenters. The molecular weight excluding hydrogens is 369 g/mol. The number of carbonyl (C=O) groups is 2. The zero-order chi connectivity index (χ0) is 20.2. The summed E-state index contributed by atoms with van der Waals surface area (Å²) in [4.78, 5) is 29.0. The summed E-state index contributed by atoms with van der Waals surface area (Å²) in [5.41, 5.74) is 2.11. The Balaban J connectivity index is 1.34. The first-order chi connectivity index (χ1) is 14.1. The number of nitrogens with one attached hydrogen (secondary N) is 1. The number of benzene rings is 2. The summed E-state index contributed by atoms with van der Waals surface area (Å²) in [6, 6.07) is 13.8. The quantitative estimate of drug-likeness (QED) is 0.857. The molecule has 0 unspecified atom stereocenters. The van der Waals surface area contributed by atoms with Crippen LogP contribution in [0.25, 0.3) is 11.1 Å². The van der Waals surface area contributed by atoms with Crippen molar-refractivity contribution in [2.24, 2.45) is 0 Å². The van der Waals surface area contributed by atoms with Gasteiger partial charge in [-0.05, 0) is 61.1 Å². The molecular formula is C23H26FN3O2. The maximum Gasteiger partial charge on any atom is 0.319 e. The Morgan fingerprint density at radius 2 is 1.48 bits per heavy atom. The van der Waals surface area contributed by atoms with Crippen LogP contribution < -0.4 is 5.32 Å². The van der Waals surface area contributed by atoms with E-state index in [-0.39, 0.29) is 23.8 Å². The molecule has 0 spiro atoms. The molecule has 2 saturated heterocycles. The molecule has 2 aliphatic heterocycles. The average Bonchev–Trinajstić information content (AvgIpc) is 3.29. The van der Waals surface area contributed by atoms with Crippen LogP contribution in [0.3, 0.4) is 0 Å². The predicted molar refractivity (Wildman–Crippen MR) is 110 cm³/mol. The molecule has 2 heterocycles. The summed E-state index contributed by atoms with van der Waals surface area (Å²) in [6.45, 7) is 3.06. The molecule has 0 radical (unpaired) electrons. The van der Waals surface area contributed by atoms with Gasteiger partial charge in [0.1, 0.15) is 5.82 Å². The lowest BCUT2D eigenvalue weighted by atomic mass is 10.0. The number of rotatable bonds is 3. The molecule has 6 heteroatoms. The number of likely N-dealkylation sites (tertiary alicyclic amines) is 2. The number of carbonyl (C=O) groups excluding carboxylic acids is 2. The number of piperidine rings is 1. The molecule has 29 heavy (non-hydrogen) atoms. The van der Waals surface area contributed by atoms with Gasteiger partial charge in [0.2, 0.25) is 0 Å². The highest BCUT2D eigenvalue weighted by atomic mass is 19.1. The maximum absolute atomic E-state index is 13.5. The second-order valence-corrected chi connectivity index (χ2v) is 7.80. The Hall–Kier alpha value is -2.89. The van der Waals surface area contributed by atoms with Crippen LogP contribution in [0.4, 0.5) is 9.18 Å². The van der Waals surface area contributed by atoms with Crippen LogP contribution in [0.1, 0.15) is 36.0 Å². The number of hydrogen-bond donors (Lipinski definition) is 1. The van der Waals surface area contributed by atoms with Crippen LogP contribution in [-0.4, -0.2) is 54.0 Å². The molecule has 0 saturated carbocycles. The summed E-state index contributed by atoms with van der Waals surface area (Å²) in [5.74, 6) is -0.430. The summed E-state index contributed by atoms with van der Waals surface area (Å²) in [5, 5.41) is 3.09. The third-order valence-corrected chi connectivity index (χ3v) is 5.76. The van der Waals surface area contributed by atoms with Gasteiger partial charge in [0.25, 0.3) is 5.91 Å². The van der Waals surface area contributed by atoms with Crippen molar-refractivity contribution < 1.29 is 14.0 Å². The number of urea groups is 1. The standard InChI is InChI=1S/C23H26FN3O2/c24-20-8-4-6-18(16-20)17-5-3-7-19(15-17)22(28)25-21-9-13-27(14-10-21)23(29)26-11-1-2-12-26/h3-8,15-16,21H,1-2,9-14H2,(H,25,28). The van der Waals surface area contributed by atoms with Gasteiger partial charge in [0.15, 0.2) is 0 Å². The molecule has 0 aliphatic carbocycles.